The van der Waals surface area contributed by atoms with Gasteiger partial charge in [0.25, 0.3) is 0 Å². The van der Waals surface area contributed by atoms with Gasteiger partial charge < -0.3 is 10.2 Å². The molecule has 88 valence electrons. The van der Waals surface area contributed by atoms with E-state index in [2.05, 4.69) is 5.10 Å². The molecule has 0 aliphatic rings. The molecule has 2 rings (SSSR count). The van der Waals surface area contributed by atoms with Crippen molar-refractivity contribution in [3.8, 4) is 11.4 Å². The van der Waals surface area contributed by atoms with E-state index in [9.17, 15) is 4.79 Å². The van der Waals surface area contributed by atoms with Gasteiger partial charge in [0.05, 0.1) is 17.8 Å². The number of phenolic OH excluding ortho intramolecular Hbond substituents is 1. The Bertz CT molecular complexity index is 531. The quantitative estimate of drug-likeness (QED) is 0.845. The number of aromatic hydroxyl groups is 1. The van der Waals surface area contributed by atoms with Crippen LogP contribution in [0.4, 0.5) is 0 Å². The van der Waals surface area contributed by atoms with Crippen LogP contribution in [0.5, 0.6) is 5.75 Å². The standard InChI is InChI=1S/C12H12N2O3/c1-8(12(16)17)9-6-13-14(7-9)10-2-4-11(15)5-3-10/h2-8,15H,1H3,(H,16,17). The summed E-state index contributed by atoms with van der Waals surface area (Å²) in [6.07, 6.45) is 3.21. The summed E-state index contributed by atoms with van der Waals surface area (Å²) in [5, 5.41) is 22.1. The van der Waals surface area contributed by atoms with E-state index in [4.69, 9.17) is 10.2 Å². The van der Waals surface area contributed by atoms with Crippen LogP contribution in [0.25, 0.3) is 5.69 Å². The van der Waals surface area contributed by atoms with Crippen molar-refractivity contribution in [3.63, 3.8) is 0 Å². The van der Waals surface area contributed by atoms with Gasteiger partial charge in [-0.1, -0.05) is 0 Å². The van der Waals surface area contributed by atoms with E-state index in [1.165, 1.54) is 6.20 Å². The third-order valence-corrected chi connectivity index (χ3v) is 2.59. The normalized spacial score (nSPS) is 12.3. The molecule has 0 bridgehead atoms. The van der Waals surface area contributed by atoms with Crippen molar-refractivity contribution in [2.75, 3.05) is 0 Å². The topological polar surface area (TPSA) is 75.3 Å². The summed E-state index contributed by atoms with van der Waals surface area (Å²) in [7, 11) is 0. The minimum atomic E-state index is -0.879. The van der Waals surface area contributed by atoms with Crippen LogP contribution in [0, 0.1) is 0 Å². The number of aliphatic carboxylic acids is 1. The maximum Gasteiger partial charge on any atom is 0.310 e. The van der Waals surface area contributed by atoms with Gasteiger partial charge >= 0.3 is 5.97 Å². The Morgan fingerprint density at radius 2 is 2.00 bits per heavy atom. The third kappa shape index (κ3) is 2.28. The maximum atomic E-state index is 10.8. The first-order valence-corrected chi connectivity index (χ1v) is 5.14. The number of phenols is 1. The average molecular weight is 232 g/mol. The molecular weight excluding hydrogens is 220 g/mol. The first-order chi connectivity index (χ1) is 8.08. The third-order valence-electron chi connectivity index (χ3n) is 2.59. The Hall–Kier alpha value is -2.30. The molecule has 0 spiro atoms. The van der Waals surface area contributed by atoms with Crippen molar-refractivity contribution in [3.05, 3.63) is 42.2 Å². The fraction of sp³-hybridized carbons (Fsp3) is 0.167. The SMILES string of the molecule is CC(C(=O)O)c1cnn(-c2ccc(O)cc2)c1. The van der Waals surface area contributed by atoms with Crippen LogP contribution in [0.2, 0.25) is 0 Å². The molecule has 1 unspecified atom stereocenters. The number of aromatic nitrogens is 2. The molecule has 1 aromatic heterocycles. The summed E-state index contributed by atoms with van der Waals surface area (Å²) in [6, 6.07) is 6.52. The number of carboxylic acids is 1. The maximum absolute atomic E-state index is 10.8. The fourth-order valence-corrected chi connectivity index (χ4v) is 1.45. The molecular formula is C12H12N2O3. The van der Waals surface area contributed by atoms with Gasteiger partial charge in [0.15, 0.2) is 0 Å². The summed E-state index contributed by atoms with van der Waals surface area (Å²) >= 11 is 0. The van der Waals surface area contributed by atoms with Gasteiger partial charge in [-0.3, -0.25) is 4.79 Å². The minimum absolute atomic E-state index is 0.181. The molecule has 5 nitrogen and oxygen atoms in total. The van der Waals surface area contributed by atoms with E-state index in [0.717, 1.165) is 5.69 Å². The van der Waals surface area contributed by atoms with Crippen molar-refractivity contribution in [1.29, 1.82) is 0 Å². The average Bonchev–Trinajstić information content (AvgIpc) is 2.78. The molecule has 2 N–H and O–H groups in total. The van der Waals surface area contributed by atoms with E-state index < -0.39 is 11.9 Å². The van der Waals surface area contributed by atoms with Gasteiger partial charge in [0.1, 0.15) is 5.75 Å². The predicted molar refractivity (Wildman–Crippen MR) is 61.3 cm³/mol. The van der Waals surface area contributed by atoms with E-state index in [0.29, 0.717) is 5.56 Å². The largest absolute Gasteiger partial charge is 0.508 e. The van der Waals surface area contributed by atoms with Gasteiger partial charge in [-0.15, -0.1) is 0 Å². The molecule has 0 saturated carbocycles. The summed E-state index contributed by atoms with van der Waals surface area (Å²) in [4.78, 5) is 10.8. The Kier molecular flexibility index (Phi) is 2.82. The zero-order valence-electron chi connectivity index (χ0n) is 9.24. The lowest BCUT2D eigenvalue weighted by Gasteiger charge is -2.02. The monoisotopic (exact) mass is 232 g/mol. The van der Waals surface area contributed by atoms with Crippen LogP contribution in [0.15, 0.2) is 36.7 Å². The molecule has 0 radical (unpaired) electrons. The van der Waals surface area contributed by atoms with Crippen LogP contribution < -0.4 is 0 Å². The highest BCUT2D eigenvalue weighted by atomic mass is 16.4. The van der Waals surface area contributed by atoms with E-state index in [-0.39, 0.29) is 5.75 Å². The van der Waals surface area contributed by atoms with Gasteiger partial charge in [-0.05, 0) is 31.2 Å². The van der Waals surface area contributed by atoms with E-state index >= 15 is 0 Å². The molecule has 2 aromatic rings. The number of benzene rings is 1. The van der Waals surface area contributed by atoms with Crippen molar-refractivity contribution in [2.24, 2.45) is 0 Å². The number of rotatable bonds is 3. The molecule has 1 atom stereocenters. The van der Waals surface area contributed by atoms with Crippen LogP contribution in [0.1, 0.15) is 18.4 Å². The Morgan fingerprint density at radius 3 is 2.59 bits per heavy atom. The highest BCUT2D eigenvalue weighted by Crippen LogP contribution is 2.18. The smallest absolute Gasteiger partial charge is 0.310 e. The van der Waals surface area contributed by atoms with Gasteiger partial charge in [-0.25, -0.2) is 4.68 Å². The second kappa shape index (κ2) is 4.29. The number of carbonyl (C=O) groups is 1. The van der Waals surface area contributed by atoms with Crippen LogP contribution in [-0.2, 0) is 4.79 Å². The van der Waals surface area contributed by atoms with E-state index in [1.807, 2.05) is 0 Å². The summed E-state index contributed by atoms with van der Waals surface area (Å²) in [5.41, 5.74) is 1.41. The highest BCUT2D eigenvalue weighted by molar-refractivity contribution is 5.75. The fourth-order valence-electron chi connectivity index (χ4n) is 1.45. The number of nitrogens with zero attached hydrogens (tertiary/aromatic N) is 2. The number of hydrogen-bond acceptors (Lipinski definition) is 3. The van der Waals surface area contributed by atoms with Gasteiger partial charge in [0, 0.05) is 11.8 Å². The Labute approximate surface area is 97.9 Å². The minimum Gasteiger partial charge on any atom is -0.508 e. The molecule has 5 heteroatoms. The summed E-state index contributed by atoms with van der Waals surface area (Å²) < 4.78 is 1.58. The number of carboxylic acid groups (broad SMARTS) is 1. The van der Waals surface area contributed by atoms with Crippen LogP contribution in [-0.4, -0.2) is 26.0 Å². The lowest BCUT2D eigenvalue weighted by atomic mass is 10.1. The molecule has 0 aliphatic carbocycles. The highest BCUT2D eigenvalue weighted by Gasteiger charge is 2.15. The Balaban J connectivity index is 2.29. The van der Waals surface area contributed by atoms with Gasteiger partial charge in [-0.2, -0.15) is 5.10 Å². The molecule has 0 fully saturated rings. The predicted octanol–water partition coefficient (Wildman–Crippen LogP) is 1.77. The summed E-state index contributed by atoms with van der Waals surface area (Å²) in [5.74, 6) is -1.28. The molecule has 0 aliphatic heterocycles. The lowest BCUT2D eigenvalue weighted by Crippen LogP contribution is -2.06. The van der Waals surface area contributed by atoms with Gasteiger partial charge in [0.2, 0.25) is 0 Å². The first-order valence-electron chi connectivity index (χ1n) is 5.14. The second-order valence-electron chi connectivity index (χ2n) is 3.79. The van der Waals surface area contributed by atoms with Crippen molar-refractivity contribution >= 4 is 5.97 Å². The van der Waals surface area contributed by atoms with Crippen LogP contribution in [0.3, 0.4) is 0 Å². The first kappa shape index (κ1) is 11.2. The number of hydrogen-bond donors (Lipinski definition) is 2. The zero-order valence-corrected chi connectivity index (χ0v) is 9.24. The second-order valence-corrected chi connectivity index (χ2v) is 3.79. The molecule has 0 amide bonds. The zero-order chi connectivity index (χ0) is 12.4. The summed E-state index contributed by atoms with van der Waals surface area (Å²) in [6.45, 7) is 1.61. The van der Waals surface area contributed by atoms with Crippen molar-refractivity contribution in [2.45, 2.75) is 12.8 Å². The molecule has 0 saturated heterocycles. The van der Waals surface area contributed by atoms with Crippen molar-refractivity contribution in [1.82, 2.24) is 9.78 Å². The van der Waals surface area contributed by atoms with E-state index in [1.54, 1.807) is 42.1 Å². The lowest BCUT2D eigenvalue weighted by molar-refractivity contribution is -0.138. The van der Waals surface area contributed by atoms with Crippen LogP contribution >= 0.6 is 0 Å². The molecule has 1 aromatic carbocycles. The molecule has 17 heavy (non-hydrogen) atoms. The van der Waals surface area contributed by atoms with Crippen molar-refractivity contribution < 1.29 is 15.0 Å². The Morgan fingerprint density at radius 1 is 1.35 bits per heavy atom. The molecule has 1 heterocycles.